The van der Waals surface area contributed by atoms with Gasteiger partial charge in [-0.15, -0.1) is 0 Å². The molecule has 0 spiro atoms. The van der Waals surface area contributed by atoms with E-state index in [1.54, 1.807) is 0 Å². The average Bonchev–Trinajstić information content (AvgIpc) is 2.27. The third kappa shape index (κ3) is 4.15. The summed E-state index contributed by atoms with van der Waals surface area (Å²) >= 11 is 0. The van der Waals surface area contributed by atoms with E-state index in [1.165, 1.54) is 27.9 Å². The number of nitrogens with zero attached hydrogens (tertiary/aromatic N) is 2. The molecule has 0 bridgehead atoms. The fraction of sp³-hybridized carbons (Fsp3) is 0.778. The topological polar surface area (TPSA) is 125 Å². The minimum absolute atomic E-state index is 0.0402. The number of nitrogens with two attached hydrogens (primary N) is 1. The lowest BCUT2D eigenvalue weighted by atomic mass is 9.91. The highest BCUT2D eigenvalue weighted by Crippen LogP contribution is 2.14. The number of hydrogen-bond donors (Lipinski definition) is 3. The molecule has 0 aliphatic heterocycles. The largest absolute Gasteiger partial charge is 0.409 e. The van der Waals surface area contributed by atoms with Gasteiger partial charge in [0.2, 0.25) is 15.9 Å². The van der Waals surface area contributed by atoms with Crippen LogP contribution in [0.3, 0.4) is 0 Å². The Hall–Kier alpha value is -1.35. The van der Waals surface area contributed by atoms with Gasteiger partial charge in [-0.05, 0) is 13.8 Å². The summed E-state index contributed by atoms with van der Waals surface area (Å²) in [5, 5.41) is 13.7. The summed E-state index contributed by atoms with van der Waals surface area (Å²) < 4.78 is 24.0. The molecule has 9 heteroatoms. The van der Waals surface area contributed by atoms with E-state index in [0.717, 1.165) is 4.31 Å². The zero-order chi connectivity index (χ0) is 14.6. The van der Waals surface area contributed by atoms with Gasteiger partial charge in [0, 0.05) is 20.6 Å². The number of amidine groups is 1. The van der Waals surface area contributed by atoms with Crippen LogP contribution in [0.5, 0.6) is 0 Å². The van der Waals surface area contributed by atoms with Gasteiger partial charge in [0.15, 0.2) is 5.84 Å². The summed E-state index contributed by atoms with van der Waals surface area (Å²) in [6, 6.07) is 0. The average molecular weight is 280 g/mol. The molecule has 0 aliphatic carbocycles. The van der Waals surface area contributed by atoms with Gasteiger partial charge in [0.25, 0.3) is 0 Å². The monoisotopic (exact) mass is 280 g/mol. The number of hydrogen-bond acceptors (Lipinski definition) is 5. The van der Waals surface area contributed by atoms with Crippen LogP contribution in [0, 0.1) is 5.41 Å². The number of carbonyl (C=O) groups is 1. The van der Waals surface area contributed by atoms with Crippen LogP contribution in [0.4, 0.5) is 0 Å². The predicted molar refractivity (Wildman–Crippen MR) is 67.7 cm³/mol. The minimum atomic E-state index is -3.36. The van der Waals surface area contributed by atoms with Gasteiger partial charge in [-0.1, -0.05) is 5.16 Å². The van der Waals surface area contributed by atoms with Crippen molar-refractivity contribution in [1.29, 1.82) is 0 Å². The first-order valence-corrected chi connectivity index (χ1v) is 6.83. The second-order valence-electron chi connectivity index (χ2n) is 4.46. The van der Waals surface area contributed by atoms with Crippen molar-refractivity contribution in [2.75, 3.05) is 26.4 Å². The maximum atomic E-state index is 11.7. The van der Waals surface area contributed by atoms with Crippen molar-refractivity contribution in [3.63, 3.8) is 0 Å². The molecule has 1 amide bonds. The number of sulfonamides is 1. The third-order valence-electron chi connectivity index (χ3n) is 2.52. The van der Waals surface area contributed by atoms with Crippen LogP contribution in [0.1, 0.15) is 13.8 Å². The number of carbonyl (C=O) groups excluding carboxylic acids is 1. The second kappa shape index (κ2) is 6.01. The summed E-state index contributed by atoms with van der Waals surface area (Å²) in [6.45, 7) is 2.90. The smallest absolute Gasteiger partial charge is 0.233 e. The fourth-order valence-electron chi connectivity index (χ4n) is 0.938. The van der Waals surface area contributed by atoms with Crippen molar-refractivity contribution in [3.8, 4) is 0 Å². The molecule has 0 aliphatic rings. The lowest BCUT2D eigenvalue weighted by Crippen LogP contribution is -2.47. The van der Waals surface area contributed by atoms with Crippen LogP contribution in [0.15, 0.2) is 5.16 Å². The van der Waals surface area contributed by atoms with Gasteiger partial charge in [-0.25, -0.2) is 12.7 Å². The normalized spacial score (nSPS) is 13.7. The predicted octanol–water partition coefficient (Wildman–Crippen LogP) is -1.23. The van der Waals surface area contributed by atoms with Crippen molar-refractivity contribution in [1.82, 2.24) is 9.62 Å². The summed E-state index contributed by atoms with van der Waals surface area (Å²) in [6.07, 6.45) is 0. The molecule has 0 rings (SSSR count). The van der Waals surface area contributed by atoms with Crippen molar-refractivity contribution in [3.05, 3.63) is 0 Å². The van der Waals surface area contributed by atoms with Gasteiger partial charge >= 0.3 is 0 Å². The molecule has 0 saturated heterocycles. The lowest BCUT2D eigenvalue weighted by Gasteiger charge is -2.22. The van der Waals surface area contributed by atoms with E-state index >= 15 is 0 Å². The maximum absolute atomic E-state index is 11.7. The molecule has 106 valence electrons. The number of amides is 1. The number of rotatable bonds is 6. The lowest BCUT2D eigenvalue weighted by molar-refractivity contribution is -0.126. The first kappa shape index (κ1) is 16.6. The van der Waals surface area contributed by atoms with Crippen LogP contribution >= 0.6 is 0 Å². The SMILES string of the molecule is CN(C)S(=O)(=O)CCNC(=O)C(C)(C)C(N)=NO. The molecule has 18 heavy (non-hydrogen) atoms. The molecule has 0 aromatic heterocycles. The number of oxime groups is 1. The molecule has 8 nitrogen and oxygen atoms in total. The molecule has 0 aromatic rings. The van der Waals surface area contributed by atoms with Crippen LogP contribution < -0.4 is 11.1 Å². The van der Waals surface area contributed by atoms with Crippen molar-refractivity contribution >= 4 is 21.8 Å². The Labute approximate surface area is 107 Å². The van der Waals surface area contributed by atoms with E-state index < -0.39 is 21.3 Å². The Morgan fingerprint density at radius 1 is 1.44 bits per heavy atom. The summed E-state index contributed by atoms with van der Waals surface area (Å²) in [4.78, 5) is 11.7. The van der Waals surface area contributed by atoms with Crippen molar-refractivity contribution in [2.45, 2.75) is 13.8 Å². The van der Waals surface area contributed by atoms with Crippen molar-refractivity contribution < 1.29 is 18.4 Å². The molecular weight excluding hydrogens is 260 g/mol. The first-order valence-electron chi connectivity index (χ1n) is 5.22. The van der Waals surface area contributed by atoms with Crippen LogP contribution in [0.2, 0.25) is 0 Å². The van der Waals surface area contributed by atoms with Gasteiger partial charge in [0.1, 0.15) is 5.41 Å². The van der Waals surface area contributed by atoms with E-state index in [1.807, 2.05) is 0 Å². The van der Waals surface area contributed by atoms with Crippen LogP contribution in [0.25, 0.3) is 0 Å². The highest BCUT2D eigenvalue weighted by atomic mass is 32.2. The van der Waals surface area contributed by atoms with E-state index in [-0.39, 0.29) is 18.1 Å². The van der Waals surface area contributed by atoms with E-state index in [9.17, 15) is 13.2 Å². The Kier molecular flexibility index (Phi) is 5.55. The second-order valence-corrected chi connectivity index (χ2v) is 6.77. The first-order chi connectivity index (χ1) is 8.05. The van der Waals surface area contributed by atoms with E-state index in [4.69, 9.17) is 10.9 Å². The molecule has 0 saturated carbocycles. The molecule has 0 atom stereocenters. The van der Waals surface area contributed by atoms with Crippen LogP contribution in [-0.4, -0.2) is 56.1 Å². The Morgan fingerprint density at radius 3 is 2.33 bits per heavy atom. The zero-order valence-electron chi connectivity index (χ0n) is 11.0. The highest BCUT2D eigenvalue weighted by Gasteiger charge is 2.32. The summed E-state index contributed by atoms with van der Waals surface area (Å²) in [5.41, 5.74) is 4.17. The Balaban J connectivity index is 4.47. The molecular formula is C9H20N4O4S. The van der Waals surface area contributed by atoms with Gasteiger partial charge in [-0.3, -0.25) is 4.79 Å². The molecule has 0 radical (unpaired) electrons. The van der Waals surface area contributed by atoms with E-state index in [0.29, 0.717) is 0 Å². The molecule has 4 N–H and O–H groups in total. The minimum Gasteiger partial charge on any atom is -0.409 e. The summed E-state index contributed by atoms with van der Waals surface area (Å²) in [7, 11) is -0.529. The molecule has 0 aromatic carbocycles. The van der Waals surface area contributed by atoms with Gasteiger partial charge < -0.3 is 16.3 Å². The maximum Gasteiger partial charge on any atom is 0.233 e. The van der Waals surface area contributed by atoms with Crippen LogP contribution in [-0.2, 0) is 14.8 Å². The zero-order valence-corrected chi connectivity index (χ0v) is 11.8. The molecule has 0 heterocycles. The number of nitrogens with one attached hydrogen (secondary N) is 1. The van der Waals surface area contributed by atoms with Gasteiger partial charge in [-0.2, -0.15) is 0 Å². The third-order valence-corrected chi connectivity index (χ3v) is 4.35. The van der Waals surface area contributed by atoms with E-state index in [2.05, 4.69) is 10.5 Å². The summed E-state index contributed by atoms with van der Waals surface area (Å²) in [5.74, 6) is -0.958. The Morgan fingerprint density at radius 2 is 1.94 bits per heavy atom. The van der Waals surface area contributed by atoms with Gasteiger partial charge in [0.05, 0.1) is 5.75 Å². The quantitative estimate of drug-likeness (QED) is 0.243. The molecule has 0 unspecified atom stereocenters. The van der Waals surface area contributed by atoms with Crippen molar-refractivity contribution in [2.24, 2.45) is 16.3 Å². The Bertz CT molecular complexity index is 428. The highest BCUT2D eigenvalue weighted by molar-refractivity contribution is 7.89. The molecule has 0 fully saturated rings. The standard InChI is InChI=1S/C9H20N4O4S/c1-9(2,7(10)12-15)8(14)11-5-6-18(16,17)13(3)4/h15H,5-6H2,1-4H3,(H2,10,12)(H,11,14). The fourth-order valence-corrected chi connectivity index (χ4v) is 1.66.